The monoisotopic (exact) mass is 258 g/mol. The first-order chi connectivity index (χ1) is 9.11. The van der Waals surface area contributed by atoms with Crippen LogP contribution in [0, 0.1) is 5.82 Å². The zero-order chi connectivity index (χ0) is 13.8. The highest BCUT2D eigenvalue weighted by Gasteiger charge is 2.17. The fourth-order valence-electron chi connectivity index (χ4n) is 1.97. The summed E-state index contributed by atoms with van der Waals surface area (Å²) in [5, 5.41) is 0. The van der Waals surface area contributed by atoms with Crippen molar-refractivity contribution in [1.82, 2.24) is 0 Å². The van der Waals surface area contributed by atoms with Gasteiger partial charge in [0.15, 0.2) is 0 Å². The average molecular weight is 258 g/mol. The van der Waals surface area contributed by atoms with Crippen molar-refractivity contribution in [3.63, 3.8) is 0 Å². The van der Waals surface area contributed by atoms with Crippen molar-refractivity contribution < 1.29 is 13.9 Å². The Balaban J connectivity index is 2.43. The van der Waals surface area contributed by atoms with E-state index in [1.807, 2.05) is 36.4 Å². The van der Waals surface area contributed by atoms with Crippen molar-refractivity contribution in [2.75, 3.05) is 7.11 Å². The lowest BCUT2D eigenvalue weighted by Gasteiger charge is -2.11. The second-order valence-corrected chi connectivity index (χ2v) is 4.38. The minimum absolute atomic E-state index is 0.355. The molecule has 3 heteroatoms. The van der Waals surface area contributed by atoms with E-state index in [1.165, 1.54) is 19.2 Å². The SMILES string of the molecule is COC(=O)C(C)c1cc(F)cc(-c2ccccc2)c1. The first-order valence-corrected chi connectivity index (χ1v) is 6.05. The molecular formula is C16H15FO2. The minimum Gasteiger partial charge on any atom is -0.469 e. The number of esters is 1. The van der Waals surface area contributed by atoms with E-state index >= 15 is 0 Å². The van der Waals surface area contributed by atoms with Crippen LogP contribution in [0.4, 0.5) is 4.39 Å². The van der Waals surface area contributed by atoms with Crippen molar-refractivity contribution in [1.29, 1.82) is 0 Å². The van der Waals surface area contributed by atoms with Gasteiger partial charge in [-0.2, -0.15) is 0 Å². The Morgan fingerprint density at radius 1 is 1.11 bits per heavy atom. The minimum atomic E-state index is -0.483. The van der Waals surface area contributed by atoms with Gasteiger partial charge in [0.05, 0.1) is 13.0 Å². The molecule has 0 saturated carbocycles. The fraction of sp³-hybridized carbons (Fsp3) is 0.188. The number of ether oxygens (including phenoxy) is 1. The van der Waals surface area contributed by atoms with Gasteiger partial charge in [0, 0.05) is 0 Å². The molecule has 1 atom stereocenters. The maximum Gasteiger partial charge on any atom is 0.312 e. The molecule has 0 bridgehead atoms. The van der Waals surface area contributed by atoms with E-state index < -0.39 is 5.92 Å². The normalized spacial score (nSPS) is 11.9. The second-order valence-electron chi connectivity index (χ2n) is 4.38. The number of carbonyl (C=O) groups excluding carboxylic acids is 1. The lowest BCUT2D eigenvalue weighted by molar-refractivity contribution is -0.141. The Morgan fingerprint density at radius 2 is 1.79 bits per heavy atom. The van der Waals surface area contributed by atoms with Crippen LogP contribution >= 0.6 is 0 Å². The summed E-state index contributed by atoms with van der Waals surface area (Å²) in [5.41, 5.74) is 2.29. The van der Waals surface area contributed by atoms with Gasteiger partial charge < -0.3 is 4.74 Å². The Labute approximate surface area is 111 Å². The summed E-state index contributed by atoms with van der Waals surface area (Å²) in [6, 6.07) is 14.1. The maximum absolute atomic E-state index is 13.7. The highest BCUT2D eigenvalue weighted by Crippen LogP contribution is 2.26. The van der Waals surface area contributed by atoms with Crippen LogP contribution in [-0.4, -0.2) is 13.1 Å². The Hall–Kier alpha value is -2.16. The molecule has 2 aromatic rings. The van der Waals surface area contributed by atoms with Crippen molar-refractivity contribution >= 4 is 5.97 Å². The quantitative estimate of drug-likeness (QED) is 0.783. The summed E-state index contributed by atoms with van der Waals surface area (Å²) in [5.74, 6) is -1.21. The molecule has 0 spiro atoms. The van der Waals surface area contributed by atoms with Gasteiger partial charge in [0.2, 0.25) is 0 Å². The van der Waals surface area contributed by atoms with Crippen LogP contribution in [0.5, 0.6) is 0 Å². The van der Waals surface area contributed by atoms with Gasteiger partial charge in [-0.15, -0.1) is 0 Å². The molecule has 2 rings (SSSR count). The Kier molecular flexibility index (Phi) is 3.95. The number of methoxy groups -OCH3 is 1. The van der Waals surface area contributed by atoms with Crippen LogP contribution < -0.4 is 0 Å². The second kappa shape index (κ2) is 5.65. The molecule has 0 fully saturated rings. The molecule has 0 aliphatic carbocycles. The molecule has 0 saturated heterocycles. The zero-order valence-electron chi connectivity index (χ0n) is 10.9. The lowest BCUT2D eigenvalue weighted by Crippen LogP contribution is -2.11. The Bertz CT molecular complexity index is 579. The Morgan fingerprint density at radius 3 is 2.42 bits per heavy atom. The van der Waals surface area contributed by atoms with E-state index in [1.54, 1.807) is 6.92 Å². The summed E-state index contributed by atoms with van der Waals surface area (Å²) < 4.78 is 18.4. The summed E-state index contributed by atoms with van der Waals surface area (Å²) >= 11 is 0. The standard InChI is InChI=1S/C16H15FO2/c1-11(16(18)19-2)13-8-14(10-15(17)9-13)12-6-4-3-5-7-12/h3-11H,1-2H3. The molecule has 0 heterocycles. The number of halogens is 1. The molecule has 2 nitrogen and oxygen atoms in total. The van der Waals surface area contributed by atoms with Crippen LogP contribution in [0.1, 0.15) is 18.4 Å². The van der Waals surface area contributed by atoms with Gasteiger partial charge in [-0.25, -0.2) is 4.39 Å². The van der Waals surface area contributed by atoms with Crippen LogP contribution in [0.25, 0.3) is 11.1 Å². The molecule has 98 valence electrons. The zero-order valence-corrected chi connectivity index (χ0v) is 10.9. The number of hydrogen-bond acceptors (Lipinski definition) is 2. The van der Waals surface area contributed by atoms with Gasteiger partial charge in [-0.1, -0.05) is 36.4 Å². The molecule has 0 aromatic heterocycles. The molecular weight excluding hydrogens is 243 g/mol. The van der Waals surface area contributed by atoms with E-state index in [0.717, 1.165) is 11.1 Å². The summed E-state index contributed by atoms with van der Waals surface area (Å²) in [6.07, 6.45) is 0. The van der Waals surface area contributed by atoms with E-state index in [4.69, 9.17) is 4.74 Å². The van der Waals surface area contributed by atoms with E-state index in [-0.39, 0.29) is 11.8 Å². The van der Waals surface area contributed by atoms with Crippen LogP contribution in [0.3, 0.4) is 0 Å². The maximum atomic E-state index is 13.7. The van der Waals surface area contributed by atoms with Crippen LogP contribution in [-0.2, 0) is 9.53 Å². The van der Waals surface area contributed by atoms with Crippen LogP contribution in [0.15, 0.2) is 48.5 Å². The summed E-state index contributed by atoms with van der Waals surface area (Å²) in [6.45, 7) is 1.70. The lowest BCUT2D eigenvalue weighted by atomic mass is 9.96. The van der Waals surface area contributed by atoms with Gasteiger partial charge in [0.1, 0.15) is 5.82 Å². The first kappa shape index (κ1) is 13.3. The molecule has 0 amide bonds. The molecule has 0 aliphatic heterocycles. The molecule has 19 heavy (non-hydrogen) atoms. The predicted molar refractivity (Wildman–Crippen MR) is 72.3 cm³/mol. The van der Waals surface area contributed by atoms with Gasteiger partial charge in [0.25, 0.3) is 0 Å². The molecule has 0 aliphatic rings. The van der Waals surface area contributed by atoms with Crippen molar-refractivity contribution in [3.05, 3.63) is 59.9 Å². The molecule has 0 N–H and O–H groups in total. The van der Waals surface area contributed by atoms with Crippen molar-refractivity contribution in [3.8, 4) is 11.1 Å². The van der Waals surface area contributed by atoms with Crippen LogP contribution in [0.2, 0.25) is 0 Å². The largest absolute Gasteiger partial charge is 0.469 e. The van der Waals surface area contributed by atoms with Gasteiger partial charge >= 0.3 is 5.97 Å². The predicted octanol–water partition coefficient (Wildman–Crippen LogP) is 3.77. The third kappa shape index (κ3) is 2.99. The fourth-order valence-corrected chi connectivity index (χ4v) is 1.97. The summed E-state index contributed by atoms with van der Waals surface area (Å²) in [7, 11) is 1.33. The highest BCUT2D eigenvalue weighted by atomic mass is 19.1. The van der Waals surface area contributed by atoms with E-state index in [0.29, 0.717) is 5.56 Å². The van der Waals surface area contributed by atoms with Gasteiger partial charge in [-0.3, -0.25) is 4.79 Å². The molecule has 0 radical (unpaired) electrons. The average Bonchev–Trinajstić information content (AvgIpc) is 2.46. The highest BCUT2D eigenvalue weighted by molar-refractivity contribution is 5.78. The van der Waals surface area contributed by atoms with Crippen molar-refractivity contribution in [2.45, 2.75) is 12.8 Å². The number of carbonyl (C=O) groups is 1. The van der Waals surface area contributed by atoms with Gasteiger partial charge in [-0.05, 0) is 35.7 Å². The topological polar surface area (TPSA) is 26.3 Å². The first-order valence-electron chi connectivity index (χ1n) is 6.05. The molecule has 1 unspecified atom stereocenters. The third-order valence-corrected chi connectivity index (χ3v) is 3.08. The smallest absolute Gasteiger partial charge is 0.312 e. The number of hydrogen-bond donors (Lipinski definition) is 0. The number of rotatable bonds is 3. The third-order valence-electron chi connectivity index (χ3n) is 3.08. The van der Waals surface area contributed by atoms with E-state index in [9.17, 15) is 9.18 Å². The van der Waals surface area contributed by atoms with Crippen molar-refractivity contribution in [2.24, 2.45) is 0 Å². The molecule has 2 aromatic carbocycles. The summed E-state index contributed by atoms with van der Waals surface area (Å²) in [4.78, 5) is 11.5. The van der Waals surface area contributed by atoms with E-state index in [2.05, 4.69) is 0 Å². The number of benzene rings is 2.